The van der Waals surface area contributed by atoms with Crippen LogP contribution in [0.25, 0.3) is 0 Å². The van der Waals surface area contributed by atoms with Crippen molar-refractivity contribution in [2.24, 2.45) is 0 Å². The lowest BCUT2D eigenvalue weighted by atomic mass is 9.86. The highest BCUT2D eigenvalue weighted by atomic mass is 16.5. The van der Waals surface area contributed by atoms with Gasteiger partial charge in [0.05, 0.1) is 12.5 Å². The van der Waals surface area contributed by atoms with Crippen LogP contribution in [0.15, 0.2) is 0 Å². The van der Waals surface area contributed by atoms with Gasteiger partial charge in [0, 0.05) is 0 Å². The quantitative estimate of drug-likeness (QED) is 0.523. The maximum atomic E-state index is 10.8. The van der Waals surface area contributed by atoms with E-state index in [2.05, 4.69) is 0 Å². The van der Waals surface area contributed by atoms with Gasteiger partial charge in [0.2, 0.25) is 0 Å². The van der Waals surface area contributed by atoms with Crippen molar-refractivity contribution in [1.29, 1.82) is 0 Å². The van der Waals surface area contributed by atoms with E-state index in [4.69, 9.17) is 4.74 Å². The number of rotatable bonds is 2. The second-order valence-electron chi connectivity index (χ2n) is 2.18. The molecule has 1 aliphatic rings. The van der Waals surface area contributed by atoms with E-state index in [1.165, 1.54) is 0 Å². The van der Waals surface area contributed by atoms with Crippen molar-refractivity contribution < 1.29 is 9.53 Å². The lowest BCUT2D eigenvalue weighted by Crippen LogP contribution is -2.21. The maximum absolute atomic E-state index is 10.8. The Bertz CT molecular complexity index is 105. The van der Waals surface area contributed by atoms with Gasteiger partial charge in [-0.25, -0.2) is 0 Å². The highest BCUT2D eigenvalue weighted by molar-refractivity contribution is 5.85. The summed E-state index contributed by atoms with van der Waals surface area (Å²) in [6.07, 6.45) is 3.08. The van der Waals surface area contributed by atoms with Gasteiger partial charge >= 0.3 is 5.97 Å². The normalized spacial score (nSPS) is 18.8. The van der Waals surface area contributed by atoms with Crippen LogP contribution >= 0.6 is 0 Å². The van der Waals surface area contributed by atoms with E-state index in [0.717, 1.165) is 25.2 Å². The van der Waals surface area contributed by atoms with Gasteiger partial charge in [-0.05, 0) is 19.8 Å². The third-order valence-corrected chi connectivity index (χ3v) is 1.52. The summed E-state index contributed by atoms with van der Waals surface area (Å²) in [5.74, 6) is 0.889. The van der Waals surface area contributed by atoms with Gasteiger partial charge in [-0.15, -0.1) is 0 Å². The van der Waals surface area contributed by atoms with Crippen molar-refractivity contribution >= 4 is 5.97 Å². The molecular formula is C7H11O2. The number of esters is 1. The monoisotopic (exact) mass is 127 g/mol. The van der Waals surface area contributed by atoms with Crippen molar-refractivity contribution in [2.75, 3.05) is 6.61 Å². The molecule has 2 heteroatoms. The molecule has 0 aromatic carbocycles. The van der Waals surface area contributed by atoms with Gasteiger partial charge in [0.1, 0.15) is 0 Å². The van der Waals surface area contributed by atoms with Gasteiger partial charge in [-0.1, -0.05) is 6.42 Å². The zero-order chi connectivity index (χ0) is 6.69. The molecular weight excluding hydrogens is 116 g/mol. The number of carbonyl (C=O) groups is 1. The summed E-state index contributed by atoms with van der Waals surface area (Å²) >= 11 is 0. The fourth-order valence-corrected chi connectivity index (χ4v) is 0.791. The molecule has 0 bridgehead atoms. The number of ether oxygens (including phenoxy) is 1. The van der Waals surface area contributed by atoms with Gasteiger partial charge in [-0.2, -0.15) is 0 Å². The molecule has 1 aliphatic carbocycles. The molecule has 0 saturated heterocycles. The van der Waals surface area contributed by atoms with E-state index in [1.807, 2.05) is 6.92 Å². The van der Waals surface area contributed by atoms with Crippen LogP contribution in [0.5, 0.6) is 0 Å². The van der Waals surface area contributed by atoms with E-state index >= 15 is 0 Å². The van der Waals surface area contributed by atoms with E-state index in [1.54, 1.807) is 0 Å². The summed E-state index contributed by atoms with van der Waals surface area (Å²) in [7, 11) is 0. The average molecular weight is 127 g/mol. The van der Waals surface area contributed by atoms with Crippen LogP contribution in [0.1, 0.15) is 26.2 Å². The molecule has 0 aromatic heterocycles. The van der Waals surface area contributed by atoms with E-state index in [-0.39, 0.29) is 5.97 Å². The Morgan fingerprint density at radius 1 is 1.67 bits per heavy atom. The van der Waals surface area contributed by atoms with Gasteiger partial charge in [0.15, 0.2) is 0 Å². The molecule has 0 N–H and O–H groups in total. The van der Waals surface area contributed by atoms with Crippen molar-refractivity contribution in [3.63, 3.8) is 0 Å². The zero-order valence-corrected chi connectivity index (χ0v) is 5.64. The van der Waals surface area contributed by atoms with Crippen LogP contribution in [0.3, 0.4) is 0 Å². The van der Waals surface area contributed by atoms with E-state index in [9.17, 15) is 4.79 Å². The smallest absolute Gasteiger partial charge is 0.313 e. The molecule has 9 heavy (non-hydrogen) atoms. The first-order valence-electron chi connectivity index (χ1n) is 3.36. The molecule has 0 spiro atoms. The number of hydrogen-bond acceptors (Lipinski definition) is 2. The standard InChI is InChI=1S/C7H11O2/c1-2-9-7(8)6-4-3-5-6/h2-5H2,1H3. The van der Waals surface area contributed by atoms with Gasteiger partial charge in [-0.3, -0.25) is 4.79 Å². The summed E-state index contributed by atoms with van der Waals surface area (Å²) in [6, 6.07) is 0. The molecule has 0 unspecified atom stereocenters. The van der Waals surface area contributed by atoms with Crippen molar-refractivity contribution in [2.45, 2.75) is 26.2 Å². The van der Waals surface area contributed by atoms with Gasteiger partial charge < -0.3 is 4.74 Å². The molecule has 1 fully saturated rings. The molecule has 0 aliphatic heterocycles. The van der Waals surface area contributed by atoms with Crippen LogP contribution < -0.4 is 0 Å². The molecule has 1 saturated carbocycles. The second-order valence-corrected chi connectivity index (χ2v) is 2.18. The maximum Gasteiger partial charge on any atom is 0.313 e. The summed E-state index contributed by atoms with van der Waals surface area (Å²) in [4.78, 5) is 10.8. The van der Waals surface area contributed by atoms with Crippen molar-refractivity contribution in [3.8, 4) is 0 Å². The first-order valence-corrected chi connectivity index (χ1v) is 3.36. The zero-order valence-electron chi connectivity index (χ0n) is 5.64. The molecule has 0 atom stereocenters. The Labute approximate surface area is 55.2 Å². The third-order valence-electron chi connectivity index (χ3n) is 1.52. The van der Waals surface area contributed by atoms with Crippen LogP contribution in [-0.2, 0) is 9.53 Å². The fraction of sp³-hybridized carbons (Fsp3) is 0.714. The summed E-state index contributed by atoms with van der Waals surface area (Å²) in [5, 5.41) is 0. The average Bonchev–Trinajstić information content (AvgIpc) is 1.60. The SMILES string of the molecule is CCOC(=O)[C]1CCC1. The lowest BCUT2D eigenvalue weighted by Gasteiger charge is -2.21. The van der Waals surface area contributed by atoms with E-state index < -0.39 is 0 Å². The summed E-state index contributed by atoms with van der Waals surface area (Å²) in [6.45, 7) is 2.33. The minimum Gasteiger partial charge on any atom is -0.466 e. The first-order chi connectivity index (χ1) is 4.34. The van der Waals surface area contributed by atoms with Crippen molar-refractivity contribution in [3.05, 3.63) is 5.92 Å². The molecule has 2 nitrogen and oxygen atoms in total. The minimum absolute atomic E-state index is 0.0799. The van der Waals surface area contributed by atoms with E-state index in [0.29, 0.717) is 6.61 Å². The van der Waals surface area contributed by atoms with Gasteiger partial charge in [0.25, 0.3) is 0 Å². The molecule has 1 radical (unpaired) electrons. The number of hydrogen-bond donors (Lipinski definition) is 0. The van der Waals surface area contributed by atoms with Crippen LogP contribution in [-0.4, -0.2) is 12.6 Å². The van der Waals surface area contributed by atoms with Crippen molar-refractivity contribution in [1.82, 2.24) is 0 Å². The topological polar surface area (TPSA) is 26.3 Å². The molecule has 1 rings (SSSR count). The highest BCUT2D eigenvalue weighted by Gasteiger charge is 2.26. The molecule has 0 amide bonds. The minimum atomic E-state index is -0.0799. The summed E-state index contributed by atoms with van der Waals surface area (Å²) < 4.78 is 4.77. The predicted molar refractivity (Wildman–Crippen MR) is 33.7 cm³/mol. The molecule has 51 valence electrons. The Kier molecular flexibility index (Phi) is 2.09. The Morgan fingerprint density at radius 3 is 2.67 bits per heavy atom. The third kappa shape index (κ3) is 1.44. The largest absolute Gasteiger partial charge is 0.466 e. The fourth-order valence-electron chi connectivity index (χ4n) is 0.791. The Morgan fingerprint density at radius 2 is 2.33 bits per heavy atom. The number of carbonyl (C=O) groups excluding carboxylic acids is 1. The Balaban J connectivity index is 2.16. The lowest BCUT2D eigenvalue weighted by molar-refractivity contribution is -0.142. The highest BCUT2D eigenvalue weighted by Crippen LogP contribution is 2.29. The Hall–Kier alpha value is -0.530. The summed E-state index contributed by atoms with van der Waals surface area (Å²) in [5.41, 5.74) is 0. The molecule has 0 aromatic rings. The van der Waals surface area contributed by atoms with Crippen LogP contribution in [0.4, 0.5) is 0 Å². The molecule has 0 heterocycles. The second kappa shape index (κ2) is 2.85. The first kappa shape index (κ1) is 6.59. The van der Waals surface area contributed by atoms with Crippen LogP contribution in [0.2, 0.25) is 0 Å². The van der Waals surface area contributed by atoms with Crippen LogP contribution in [0, 0.1) is 5.92 Å². The predicted octanol–water partition coefficient (Wildman–Crippen LogP) is 1.31.